The molecule has 1 aromatic rings. The van der Waals surface area contributed by atoms with E-state index in [1.807, 2.05) is 20.8 Å². The molecule has 0 spiro atoms. The second-order valence-electron chi connectivity index (χ2n) is 12.1. The second-order valence-corrected chi connectivity index (χ2v) is 12.1. The standard InChI is InChI=1S/C13H23NO.C12H18N2O2.C10H19NO/c1-3-13(15)12-9-10-7-5-6-8-11(10)14(12)4-2;1-4-11(15)9(3)14-8-6-7-10(12(14)16)13-5-2;1-3-10(12)9-7-5-6-8-11(9)4-2/h10-12H,3-9H2,1-2H3;6-9,13H,4-5H2,1-3H3;9H,3-8H2,1-2H3. The monoisotopic (exact) mass is 600 g/mol. The number of rotatable bonds is 11. The molecular weight excluding hydrogens is 540 g/mol. The van der Waals surface area contributed by atoms with Crippen molar-refractivity contribution >= 4 is 23.0 Å². The molecule has 1 N–H and O–H groups in total. The van der Waals surface area contributed by atoms with Crippen LogP contribution in [-0.4, -0.2) is 76.0 Å². The summed E-state index contributed by atoms with van der Waals surface area (Å²) in [7, 11) is 0. The minimum atomic E-state index is -0.392. The minimum Gasteiger partial charge on any atom is -0.381 e. The Kier molecular flexibility index (Phi) is 16.4. The molecule has 0 aromatic carbocycles. The number of likely N-dealkylation sites (tertiary alicyclic amines) is 2. The number of nitrogens with zero attached hydrogens (tertiary/aromatic N) is 3. The van der Waals surface area contributed by atoms with Crippen LogP contribution in [0.2, 0.25) is 0 Å². The number of piperidine rings is 1. The third-order valence-electron chi connectivity index (χ3n) is 9.62. The van der Waals surface area contributed by atoms with Crippen molar-refractivity contribution in [3.8, 4) is 0 Å². The van der Waals surface area contributed by atoms with E-state index in [4.69, 9.17) is 0 Å². The van der Waals surface area contributed by atoms with Gasteiger partial charge in [-0.05, 0) is 83.6 Å². The van der Waals surface area contributed by atoms with Crippen molar-refractivity contribution in [3.05, 3.63) is 28.7 Å². The van der Waals surface area contributed by atoms with Gasteiger partial charge in [-0.3, -0.25) is 29.0 Å². The van der Waals surface area contributed by atoms with Gasteiger partial charge in [0.05, 0.1) is 18.1 Å². The number of Topliss-reactive ketones (excluding diaryl/α,β-unsaturated/α-hetero) is 3. The molecule has 8 nitrogen and oxygen atoms in total. The van der Waals surface area contributed by atoms with Crippen LogP contribution < -0.4 is 10.9 Å². The van der Waals surface area contributed by atoms with Crippen molar-refractivity contribution in [1.29, 1.82) is 0 Å². The molecule has 3 aliphatic rings. The van der Waals surface area contributed by atoms with Gasteiger partial charge in [0.25, 0.3) is 5.56 Å². The molecule has 2 aliphatic heterocycles. The molecule has 0 amide bonds. The van der Waals surface area contributed by atoms with Gasteiger partial charge >= 0.3 is 0 Å². The third kappa shape index (κ3) is 10.1. The fourth-order valence-corrected chi connectivity index (χ4v) is 7.12. The van der Waals surface area contributed by atoms with Crippen LogP contribution in [0.25, 0.3) is 0 Å². The highest BCUT2D eigenvalue weighted by Crippen LogP contribution is 2.39. The van der Waals surface area contributed by atoms with Crippen LogP contribution in [-0.2, 0) is 14.4 Å². The second kappa shape index (κ2) is 19.1. The lowest BCUT2D eigenvalue weighted by molar-refractivity contribution is -0.125. The number of likely N-dealkylation sites (N-methyl/N-ethyl adjacent to an activating group) is 2. The lowest BCUT2D eigenvalue weighted by atomic mass is 9.84. The molecule has 4 rings (SSSR count). The van der Waals surface area contributed by atoms with Gasteiger partial charge in [-0.2, -0.15) is 0 Å². The van der Waals surface area contributed by atoms with Crippen molar-refractivity contribution in [2.24, 2.45) is 5.92 Å². The molecule has 1 aliphatic carbocycles. The molecule has 5 atom stereocenters. The minimum absolute atomic E-state index is 0.0655. The number of carbonyl (C=O) groups is 3. The number of pyridine rings is 1. The van der Waals surface area contributed by atoms with E-state index >= 15 is 0 Å². The summed E-state index contributed by atoms with van der Waals surface area (Å²) >= 11 is 0. The zero-order valence-electron chi connectivity index (χ0n) is 28.2. The molecule has 43 heavy (non-hydrogen) atoms. The van der Waals surface area contributed by atoms with E-state index < -0.39 is 6.04 Å². The van der Waals surface area contributed by atoms with E-state index in [-0.39, 0.29) is 23.4 Å². The number of aromatic nitrogens is 1. The molecule has 0 radical (unpaired) electrons. The highest BCUT2D eigenvalue weighted by Gasteiger charge is 2.43. The van der Waals surface area contributed by atoms with E-state index in [1.54, 1.807) is 32.2 Å². The normalized spacial score (nSPS) is 24.4. The van der Waals surface area contributed by atoms with Gasteiger partial charge in [-0.1, -0.05) is 53.9 Å². The molecule has 3 fully saturated rings. The summed E-state index contributed by atoms with van der Waals surface area (Å²) in [5.41, 5.74) is 0.402. The Bertz CT molecular complexity index is 1070. The molecule has 8 heteroatoms. The highest BCUT2D eigenvalue weighted by atomic mass is 16.1. The van der Waals surface area contributed by atoms with Crippen LogP contribution in [0.5, 0.6) is 0 Å². The smallest absolute Gasteiger partial charge is 0.274 e. The Labute approximate surface area is 261 Å². The van der Waals surface area contributed by atoms with E-state index in [2.05, 4.69) is 29.0 Å². The van der Waals surface area contributed by atoms with Crippen molar-refractivity contribution < 1.29 is 14.4 Å². The predicted octanol–water partition coefficient (Wildman–Crippen LogP) is 6.28. The molecule has 5 unspecified atom stereocenters. The fraction of sp³-hybridized carbons (Fsp3) is 0.771. The Morgan fingerprint density at radius 2 is 1.51 bits per heavy atom. The van der Waals surface area contributed by atoms with E-state index in [0.29, 0.717) is 43.1 Å². The number of ketones is 3. The maximum Gasteiger partial charge on any atom is 0.274 e. The Balaban J connectivity index is 0.000000227. The van der Waals surface area contributed by atoms with Gasteiger partial charge in [0, 0.05) is 38.0 Å². The van der Waals surface area contributed by atoms with Crippen LogP contribution in [0.3, 0.4) is 0 Å². The Morgan fingerprint density at radius 1 is 0.860 bits per heavy atom. The lowest BCUT2D eigenvalue weighted by Gasteiger charge is -2.33. The maximum atomic E-state index is 12.0. The molecule has 1 aromatic heterocycles. The van der Waals surface area contributed by atoms with E-state index in [0.717, 1.165) is 44.4 Å². The third-order valence-corrected chi connectivity index (χ3v) is 9.62. The van der Waals surface area contributed by atoms with E-state index in [9.17, 15) is 19.2 Å². The van der Waals surface area contributed by atoms with Crippen LogP contribution in [0.4, 0.5) is 5.69 Å². The number of hydrogen-bond donors (Lipinski definition) is 1. The van der Waals surface area contributed by atoms with Crippen LogP contribution in [0, 0.1) is 5.92 Å². The first kappa shape index (κ1) is 36.9. The average molecular weight is 601 g/mol. The van der Waals surface area contributed by atoms with E-state index in [1.165, 1.54) is 43.1 Å². The zero-order valence-corrected chi connectivity index (χ0v) is 28.2. The molecule has 1 saturated carbocycles. The molecule has 244 valence electrons. The first-order chi connectivity index (χ1) is 20.7. The average Bonchev–Trinajstić information content (AvgIpc) is 3.43. The molecular formula is C35H60N4O4. The van der Waals surface area contributed by atoms with Gasteiger partial charge in [0.1, 0.15) is 17.3 Å². The maximum absolute atomic E-state index is 12.0. The largest absolute Gasteiger partial charge is 0.381 e. The Hall–Kier alpha value is -2.32. The summed E-state index contributed by atoms with van der Waals surface area (Å²) in [5.74, 6) is 1.78. The number of hydrogen-bond acceptors (Lipinski definition) is 7. The van der Waals surface area contributed by atoms with Crippen molar-refractivity contribution in [2.45, 2.75) is 143 Å². The van der Waals surface area contributed by atoms with Crippen LogP contribution in [0.15, 0.2) is 23.1 Å². The first-order valence-corrected chi connectivity index (χ1v) is 17.2. The number of carbonyl (C=O) groups excluding carboxylic acids is 3. The number of nitrogens with one attached hydrogen (secondary N) is 1. The first-order valence-electron chi connectivity index (χ1n) is 17.2. The zero-order chi connectivity index (χ0) is 31.9. The summed E-state index contributed by atoms with van der Waals surface area (Å²) in [6.07, 6.45) is 13.7. The van der Waals surface area contributed by atoms with Crippen LogP contribution in [0.1, 0.15) is 125 Å². The van der Waals surface area contributed by atoms with Gasteiger partial charge in [-0.15, -0.1) is 0 Å². The van der Waals surface area contributed by atoms with Crippen molar-refractivity contribution in [1.82, 2.24) is 14.4 Å². The van der Waals surface area contributed by atoms with Crippen molar-refractivity contribution in [3.63, 3.8) is 0 Å². The summed E-state index contributed by atoms with van der Waals surface area (Å²) in [6.45, 7) is 17.7. The van der Waals surface area contributed by atoms with Gasteiger partial charge in [-0.25, -0.2) is 0 Å². The predicted molar refractivity (Wildman–Crippen MR) is 177 cm³/mol. The molecule has 2 saturated heterocycles. The number of anilines is 1. The van der Waals surface area contributed by atoms with Crippen LogP contribution >= 0.6 is 0 Å². The summed E-state index contributed by atoms with van der Waals surface area (Å²) in [4.78, 5) is 51.7. The SMILES string of the molecule is CCC(=O)C1CC2CCCCC2N1CC.CCC(=O)C1CCCCN1CC.CCNc1cccn(C(C)C(=O)CC)c1=O. The highest BCUT2D eigenvalue weighted by molar-refractivity contribution is 5.84. The Morgan fingerprint density at radius 3 is 2.12 bits per heavy atom. The summed E-state index contributed by atoms with van der Waals surface area (Å²) < 4.78 is 1.48. The summed E-state index contributed by atoms with van der Waals surface area (Å²) in [5, 5.41) is 2.98. The lowest BCUT2D eigenvalue weighted by Crippen LogP contribution is -2.44. The summed E-state index contributed by atoms with van der Waals surface area (Å²) in [6, 6.07) is 4.34. The van der Waals surface area contributed by atoms with Gasteiger partial charge in [0.15, 0.2) is 5.78 Å². The quantitative estimate of drug-likeness (QED) is 0.320. The molecule has 3 heterocycles. The topological polar surface area (TPSA) is 91.7 Å². The van der Waals surface area contributed by atoms with Gasteiger partial charge in [0.2, 0.25) is 0 Å². The number of fused-ring (bicyclic) bond motifs is 1. The van der Waals surface area contributed by atoms with Crippen molar-refractivity contribution in [2.75, 3.05) is 31.5 Å². The van der Waals surface area contributed by atoms with Gasteiger partial charge < -0.3 is 9.88 Å². The molecule has 0 bridgehead atoms. The fourth-order valence-electron chi connectivity index (χ4n) is 7.12.